The van der Waals surface area contributed by atoms with E-state index in [1.165, 1.54) is 15.6 Å². The molecular weight excluding hydrogens is 358 g/mol. The monoisotopic (exact) mass is 379 g/mol. The van der Waals surface area contributed by atoms with Crippen molar-refractivity contribution in [3.05, 3.63) is 39.8 Å². The van der Waals surface area contributed by atoms with E-state index in [1.807, 2.05) is 20.8 Å². The van der Waals surface area contributed by atoms with Crippen LogP contribution in [0.4, 0.5) is 11.4 Å². The number of carbonyl (C=O) groups is 1. The molecule has 0 spiro atoms. The summed E-state index contributed by atoms with van der Waals surface area (Å²) in [6.07, 6.45) is 0.643. The number of thiazole rings is 1. The number of amides is 1. The normalized spacial score (nSPS) is 16.4. The van der Waals surface area contributed by atoms with Gasteiger partial charge in [0, 0.05) is 18.2 Å². The first kappa shape index (κ1) is 17.9. The summed E-state index contributed by atoms with van der Waals surface area (Å²) in [7, 11) is -3.19. The van der Waals surface area contributed by atoms with Gasteiger partial charge in [-0.15, -0.1) is 11.3 Å². The number of aromatic nitrogens is 1. The molecule has 2 heterocycles. The van der Waals surface area contributed by atoms with Crippen molar-refractivity contribution in [2.24, 2.45) is 0 Å². The molecule has 1 N–H and O–H groups in total. The molecule has 1 fully saturated rings. The molecule has 6 nitrogen and oxygen atoms in total. The number of aryl methyl sites for hydroxylation is 1. The maximum Gasteiger partial charge on any atom is 0.267 e. The Kier molecular flexibility index (Phi) is 4.83. The second kappa shape index (κ2) is 6.76. The average Bonchev–Trinajstić information content (AvgIpc) is 3.10. The Morgan fingerprint density at radius 1 is 1.28 bits per heavy atom. The van der Waals surface area contributed by atoms with Crippen LogP contribution < -0.4 is 9.62 Å². The quantitative estimate of drug-likeness (QED) is 0.883. The van der Waals surface area contributed by atoms with Crippen molar-refractivity contribution in [2.75, 3.05) is 21.9 Å². The Morgan fingerprint density at radius 2 is 1.96 bits per heavy atom. The number of rotatable bonds is 4. The molecule has 0 aliphatic carbocycles. The summed E-state index contributed by atoms with van der Waals surface area (Å²) in [5.41, 5.74) is 1.99. The Labute approximate surface area is 151 Å². The first-order valence-corrected chi connectivity index (χ1v) is 10.6. The molecule has 3 rings (SSSR count). The zero-order valence-electron chi connectivity index (χ0n) is 14.4. The standard InChI is InChI=1S/C17H21N3O3S2/c1-11(2)17-18-12(3)15(24-17)16(21)19-13-5-7-14(8-6-13)20-9-4-10-25(20,22)23/h5-8,11H,4,9-10H2,1-3H3,(H,19,21). The molecule has 1 aromatic heterocycles. The number of sulfonamides is 1. The van der Waals surface area contributed by atoms with Crippen LogP contribution in [0.2, 0.25) is 0 Å². The summed E-state index contributed by atoms with van der Waals surface area (Å²) >= 11 is 1.41. The molecule has 0 bridgehead atoms. The van der Waals surface area contributed by atoms with E-state index in [9.17, 15) is 13.2 Å². The largest absolute Gasteiger partial charge is 0.321 e. The Hall–Kier alpha value is -1.93. The summed E-state index contributed by atoms with van der Waals surface area (Å²) in [5, 5.41) is 3.80. The minimum Gasteiger partial charge on any atom is -0.321 e. The highest BCUT2D eigenvalue weighted by Crippen LogP contribution is 2.27. The fourth-order valence-electron chi connectivity index (χ4n) is 2.70. The van der Waals surface area contributed by atoms with Gasteiger partial charge in [0.1, 0.15) is 4.88 Å². The molecule has 0 unspecified atom stereocenters. The SMILES string of the molecule is Cc1nc(C(C)C)sc1C(=O)Nc1ccc(N2CCCS2(=O)=O)cc1. The van der Waals surface area contributed by atoms with Gasteiger partial charge in [-0.05, 0) is 37.6 Å². The van der Waals surface area contributed by atoms with Gasteiger partial charge >= 0.3 is 0 Å². The topological polar surface area (TPSA) is 79.4 Å². The van der Waals surface area contributed by atoms with Crippen LogP contribution in [0.25, 0.3) is 0 Å². The van der Waals surface area contributed by atoms with Crippen molar-refractivity contribution in [2.45, 2.75) is 33.1 Å². The second-order valence-electron chi connectivity index (χ2n) is 6.36. The first-order chi connectivity index (χ1) is 11.8. The molecule has 1 aliphatic heterocycles. The molecule has 8 heteroatoms. The third-order valence-electron chi connectivity index (χ3n) is 4.03. The third-order valence-corrected chi connectivity index (χ3v) is 7.35. The molecule has 1 aromatic carbocycles. The van der Waals surface area contributed by atoms with E-state index >= 15 is 0 Å². The summed E-state index contributed by atoms with van der Waals surface area (Å²) in [6, 6.07) is 6.89. The van der Waals surface area contributed by atoms with Crippen LogP contribution in [0.3, 0.4) is 0 Å². The van der Waals surface area contributed by atoms with E-state index < -0.39 is 10.0 Å². The third kappa shape index (κ3) is 3.69. The summed E-state index contributed by atoms with van der Waals surface area (Å²) in [5.74, 6) is 0.282. The van der Waals surface area contributed by atoms with Gasteiger partial charge in [0.25, 0.3) is 5.91 Å². The minimum atomic E-state index is -3.19. The molecule has 25 heavy (non-hydrogen) atoms. The fraction of sp³-hybridized carbons (Fsp3) is 0.412. The van der Waals surface area contributed by atoms with Crippen molar-refractivity contribution in [3.63, 3.8) is 0 Å². The lowest BCUT2D eigenvalue weighted by Gasteiger charge is -2.17. The summed E-state index contributed by atoms with van der Waals surface area (Å²) in [4.78, 5) is 17.5. The predicted octanol–water partition coefficient (Wildman–Crippen LogP) is 3.37. The predicted molar refractivity (Wildman–Crippen MR) is 101 cm³/mol. The number of hydrogen-bond donors (Lipinski definition) is 1. The van der Waals surface area contributed by atoms with E-state index in [0.717, 1.165) is 10.7 Å². The van der Waals surface area contributed by atoms with Crippen LogP contribution in [0, 0.1) is 6.92 Å². The van der Waals surface area contributed by atoms with Gasteiger partial charge in [-0.1, -0.05) is 13.8 Å². The van der Waals surface area contributed by atoms with E-state index in [-0.39, 0.29) is 17.6 Å². The Morgan fingerprint density at radius 3 is 2.48 bits per heavy atom. The van der Waals surface area contributed by atoms with Crippen LogP contribution >= 0.6 is 11.3 Å². The number of nitrogens with zero attached hydrogens (tertiary/aromatic N) is 2. The van der Waals surface area contributed by atoms with Crippen molar-refractivity contribution in [1.82, 2.24) is 4.98 Å². The molecule has 1 saturated heterocycles. The Balaban J connectivity index is 1.74. The highest BCUT2D eigenvalue weighted by atomic mass is 32.2. The zero-order valence-corrected chi connectivity index (χ0v) is 16.1. The zero-order chi connectivity index (χ0) is 18.2. The maximum absolute atomic E-state index is 12.5. The van der Waals surface area contributed by atoms with Crippen molar-refractivity contribution < 1.29 is 13.2 Å². The second-order valence-corrected chi connectivity index (χ2v) is 9.41. The Bertz CT molecular complexity index is 886. The number of carbonyl (C=O) groups excluding carboxylic acids is 1. The van der Waals surface area contributed by atoms with Crippen molar-refractivity contribution in [3.8, 4) is 0 Å². The smallest absolute Gasteiger partial charge is 0.267 e. The van der Waals surface area contributed by atoms with E-state index in [1.54, 1.807) is 24.3 Å². The van der Waals surface area contributed by atoms with E-state index in [0.29, 0.717) is 29.2 Å². The van der Waals surface area contributed by atoms with Gasteiger partial charge in [-0.3, -0.25) is 9.10 Å². The minimum absolute atomic E-state index is 0.189. The van der Waals surface area contributed by atoms with Gasteiger partial charge in [-0.2, -0.15) is 0 Å². The lowest BCUT2D eigenvalue weighted by Crippen LogP contribution is -2.24. The van der Waals surface area contributed by atoms with Gasteiger partial charge in [0.15, 0.2) is 0 Å². The molecule has 0 atom stereocenters. The number of nitrogens with one attached hydrogen (secondary N) is 1. The van der Waals surface area contributed by atoms with Crippen molar-refractivity contribution >= 4 is 38.6 Å². The molecule has 1 aliphatic rings. The van der Waals surface area contributed by atoms with Crippen LogP contribution in [-0.2, 0) is 10.0 Å². The molecule has 2 aromatic rings. The number of benzene rings is 1. The van der Waals surface area contributed by atoms with E-state index in [2.05, 4.69) is 10.3 Å². The first-order valence-electron chi connectivity index (χ1n) is 8.17. The summed E-state index contributed by atoms with van der Waals surface area (Å²) in [6.45, 7) is 6.43. The molecular formula is C17H21N3O3S2. The highest BCUT2D eigenvalue weighted by molar-refractivity contribution is 7.93. The van der Waals surface area contributed by atoms with Crippen LogP contribution in [0.15, 0.2) is 24.3 Å². The van der Waals surface area contributed by atoms with Crippen LogP contribution in [0.1, 0.15) is 46.6 Å². The highest BCUT2D eigenvalue weighted by Gasteiger charge is 2.28. The van der Waals surface area contributed by atoms with Crippen LogP contribution in [0.5, 0.6) is 0 Å². The lowest BCUT2D eigenvalue weighted by atomic mass is 10.2. The molecule has 134 valence electrons. The lowest BCUT2D eigenvalue weighted by molar-refractivity contribution is 0.103. The molecule has 0 saturated carbocycles. The number of anilines is 2. The maximum atomic E-state index is 12.5. The van der Waals surface area contributed by atoms with Gasteiger partial charge in [0.2, 0.25) is 10.0 Å². The van der Waals surface area contributed by atoms with Gasteiger partial charge in [-0.25, -0.2) is 13.4 Å². The van der Waals surface area contributed by atoms with Gasteiger partial charge < -0.3 is 5.32 Å². The number of hydrogen-bond acceptors (Lipinski definition) is 5. The molecule has 0 radical (unpaired) electrons. The summed E-state index contributed by atoms with van der Waals surface area (Å²) < 4.78 is 25.3. The van der Waals surface area contributed by atoms with Crippen molar-refractivity contribution in [1.29, 1.82) is 0 Å². The average molecular weight is 380 g/mol. The molecule has 1 amide bonds. The van der Waals surface area contributed by atoms with Crippen LogP contribution in [-0.4, -0.2) is 31.6 Å². The van der Waals surface area contributed by atoms with E-state index in [4.69, 9.17) is 0 Å². The van der Waals surface area contributed by atoms with Gasteiger partial charge in [0.05, 0.1) is 22.1 Å². The fourth-order valence-corrected chi connectivity index (χ4v) is 5.23.